The molecule has 2 saturated heterocycles. The summed E-state index contributed by atoms with van der Waals surface area (Å²) < 4.78 is 5.44. The van der Waals surface area contributed by atoms with Crippen LogP contribution >= 0.6 is 0 Å². The standard InChI is InChI=1S/C10H20N2O/c1-8-5-11-6-9(2)12(8)10-3-4-13-7-10/h8-11H,3-7H2,1-2H3. The Labute approximate surface area is 80.4 Å². The first-order chi connectivity index (χ1) is 6.29. The zero-order chi connectivity index (χ0) is 9.26. The summed E-state index contributed by atoms with van der Waals surface area (Å²) >= 11 is 0. The lowest BCUT2D eigenvalue weighted by Gasteiger charge is -2.42. The monoisotopic (exact) mass is 184 g/mol. The highest BCUT2D eigenvalue weighted by atomic mass is 16.5. The first kappa shape index (κ1) is 9.44. The maximum atomic E-state index is 5.44. The minimum Gasteiger partial charge on any atom is -0.380 e. The lowest BCUT2D eigenvalue weighted by molar-refractivity contribution is 0.0571. The van der Waals surface area contributed by atoms with Gasteiger partial charge in [-0.2, -0.15) is 0 Å². The molecule has 2 aliphatic heterocycles. The van der Waals surface area contributed by atoms with Crippen molar-refractivity contribution in [1.29, 1.82) is 0 Å². The van der Waals surface area contributed by atoms with E-state index in [1.807, 2.05) is 0 Å². The molecule has 0 bridgehead atoms. The van der Waals surface area contributed by atoms with Crippen LogP contribution in [0.2, 0.25) is 0 Å². The Morgan fingerprint density at radius 3 is 2.46 bits per heavy atom. The number of ether oxygens (including phenoxy) is 1. The predicted molar refractivity (Wildman–Crippen MR) is 52.9 cm³/mol. The van der Waals surface area contributed by atoms with Crippen molar-refractivity contribution in [2.45, 2.75) is 38.4 Å². The van der Waals surface area contributed by atoms with Gasteiger partial charge < -0.3 is 10.1 Å². The van der Waals surface area contributed by atoms with E-state index in [1.54, 1.807) is 0 Å². The molecule has 3 nitrogen and oxygen atoms in total. The second-order valence-electron chi connectivity index (χ2n) is 4.32. The molecular formula is C10H20N2O. The quantitative estimate of drug-likeness (QED) is 0.640. The number of nitrogens with one attached hydrogen (secondary N) is 1. The maximum Gasteiger partial charge on any atom is 0.0622 e. The van der Waals surface area contributed by atoms with Crippen molar-refractivity contribution in [3.63, 3.8) is 0 Å². The summed E-state index contributed by atoms with van der Waals surface area (Å²) in [7, 11) is 0. The van der Waals surface area contributed by atoms with Crippen molar-refractivity contribution in [2.24, 2.45) is 0 Å². The molecule has 0 aliphatic carbocycles. The van der Waals surface area contributed by atoms with E-state index in [-0.39, 0.29) is 0 Å². The van der Waals surface area contributed by atoms with E-state index in [0.29, 0.717) is 18.1 Å². The Balaban J connectivity index is 2.00. The van der Waals surface area contributed by atoms with Crippen LogP contribution in [0.5, 0.6) is 0 Å². The van der Waals surface area contributed by atoms with Gasteiger partial charge in [-0.15, -0.1) is 0 Å². The molecule has 0 spiro atoms. The van der Waals surface area contributed by atoms with Gasteiger partial charge in [-0.25, -0.2) is 0 Å². The zero-order valence-electron chi connectivity index (χ0n) is 8.62. The van der Waals surface area contributed by atoms with E-state index in [4.69, 9.17) is 4.74 Å². The highest BCUT2D eigenvalue weighted by Crippen LogP contribution is 2.20. The molecule has 3 atom stereocenters. The lowest BCUT2D eigenvalue weighted by Crippen LogP contribution is -2.58. The van der Waals surface area contributed by atoms with Crippen molar-refractivity contribution in [1.82, 2.24) is 10.2 Å². The predicted octanol–water partition coefficient (Wildman–Crippen LogP) is 0.457. The van der Waals surface area contributed by atoms with Crippen molar-refractivity contribution in [3.05, 3.63) is 0 Å². The highest BCUT2D eigenvalue weighted by molar-refractivity contribution is 4.88. The van der Waals surface area contributed by atoms with E-state index in [2.05, 4.69) is 24.1 Å². The fourth-order valence-corrected chi connectivity index (χ4v) is 2.62. The third-order valence-electron chi connectivity index (χ3n) is 3.22. The maximum absolute atomic E-state index is 5.44. The number of piperazine rings is 1. The summed E-state index contributed by atoms with van der Waals surface area (Å²) in [6.45, 7) is 8.76. The van der Waals surface area contributed by atoms with Gasteiger partial charge in [0.1, 0.15) is 0 Å². The smallest absolute Gasteiger partial charge is 0.0622 e. The highest BCUT2D eigenvalue weighted by Gasteiger charge is 2.32. The summed E-state index contributed by atoms with van der Waals surface area (Å²) in [5.41, 5.74) is 0. The van der Waals surface area contributed by atoms with Crippen LogP contribution in [-0.2, 0) is 4.74 Å². The average Bonchev–Trinajstić information content (AvgIpc) is 2.57. The van der Waals surface area contributed by atoms with Crippen LogP contribution in [0.4, 0.5) is 0 Å². The molecule has 0 radical (unpaired) electrons. The molecule has 0 amide bonds. The summed E-state index contributed by atoms with van der Waals surface area (Å²) in [5.74, 6) is 0. The van der Waals surface area contributed by atoms with Crippen LogP contribution < -0.4 is 5.32 Å². The van der Waals surface area contributed by atoms with Gasteiger partial charge in [0, 0.05) is 37.8 Å². The van der Waals surface area contributed by atoms with Gasteiger partial charge in [-0.3, -0.25) is 4.90 Å². The largest absolute Gasteiger partial charge is 0.380 e. The van der Waals surface area contributed by atoms with Gasteiger partial charge in [0.05, 0.1) is 6.61 Å². The van der Waals surface area contributed by atoms with Crippen molar-refractivity contribution < 1.29 is 4.74 Å². The van der Waals surface area contributed by atoms with Gasteiger partial charge in [-0.1, -0.05) is 0 Å². The summed E-state index contributed by atoms with van der Waals surface area (Å²) in [6, 6.07) is 2.00. The molecule has 2 fully saturated rings. The molecule has 0 saturated carbocycles. The molecule has 3 heteroatoms. The number of hydrogen-bond acceptors (Lipinski definition) is 3. The van der Waals surface area contributed by atoms with Crippen molar-refractivity contribution in [2.75, 3.05) is 26.3 Å². The minimum absolute atomic E-state index is 0.662. The third kappa shape index (κ3) is 1.87. The molecule has 3 unspecified atom stereocenters. The topological polar surface area (TPSA) is 24.5 Å². The van der Waals surface area contributed by atoms with E-state index in [0.717, 1.165) is 26.3 Å². The Bertz CT molecular complexity index is 158. The van der Waals surface area contributed by atoms with Crippen LogP contribution in [0.15, 0.2) is 0 Å². The normalized spacial score (nSPS) is 42.5. The van der Waals surface area contributed by atoms with Gasteiger partial charge >= 0.3 is 0 Å². The molecule has 0 aromatic carbocycles. The average molecular weight is 184 g/mol. The van der Waals surface area contributed by atoms with Crippen LogP contribution in [-0.4, -0.2) is 49.3 Å². The van der Waals surface area contributed by atoms with Crippen LogP contribution in [0.1, 0.15) is 20.3 Å². The van der Waals surface area contributed by atoms with Gasteiger partial charge in [0.2, 0.25) is 0 Å². The van der Waals surface area contributed by atoms with E-state index in [9.17, 15) is 0 Å². The number of hydrogen-bond donors (Lipinski definition) is 1. The van der Waals surface area contributed by atoms with E-state index >= 15 is 0 Å². The van der Waals surface area contributed by atoms with Gasteiger partial charge in [-0.05, 0) is 20.3 Å². The molecule has 76 valence electrons. The lowest BCUT2D eigenvalue weighted by atomic mass is 10.1. The van der Waals surface area contributed by atoms with Crippen LogP contribution in [0, 0.1) is 0 Å². The van der Waals surface area contributed by atoms with Crippen LogP contribution in [0.3, 0.4) is 0 Å². The van der Waals surface area contributed by atoms with Crippen LogP contribution in [0.25, 0.3) is 0 Å². The second-order valence-corrected chi connectivity index (χ2v) is 4.32. The van der Waals surface area contributed by atoms with Crippen molar-refractivity contribution in [3.8, 4) is 0 Å². The van der Waals surface area contributed by atoms with E-state index in [1.165, 1.54) is 6.42 Å². The van der Waals surface area contributed by atoms with Crippen molar-refractivity contribution >= 4 is 0 Å². The zero-order valence-corrected chi connectivity index (χ0v) is 8.62. The molecule has 0 aromatic rings. The molecule has 13 heavy (non-hydrogen) atoms. The fourth-order valence-electron chi connectivity index (χ4n) is 2.62. The number of rotatable bonds is 1. The first-order valence-electron chi connectivity index (χ1n) is 5.35. The minimum atomic E-state index is 0.662. The molecular weight excluding hydrogens is 164 g/mol. The Morgan fingerprint density at radius 1 is 1.23 bits per heavy atom. The second kappa shape index (κ2) is 3.95. The Morgan fingerprint density at radius 2 is 1.92 bits per heavy atom. The first-order valence-corrected chi connectivity index (χ1v) is 5.35. The van der Waals surface area contributed by atoms with E-state index < -0.39 is 0 Å². The summed E-state index contributed by atoms with van der Waals surface area (Å²) in [6.07, 6.45) is 1.22. The summed E-state index contributed by atoms with van der Waals surface area (Å²) in [4.78, 5) is 2.63. The molecule has 2 rings (SSSR count). The van der Waals surface area contributed by atoms with Gasteiger partial charge in [0.15, 0.2) is 0 Å². The summed E-state index contributed by atoms with van der Waals surface area (Å²) in [5, 5.41) is 3.46. The Hall–Kier alpha value is -0.120. The van der Waals surface area contributed by atoms with Gasteiger partial charge in [0.25, 0.3) is 0 Å². The number of nitrogens with zero attached hydrogens (tertiary/aromatic N) is 1. The molecule has 1 N–H and O–H groups in total. The Kier molecular flexibility index (Phi) is 2.86. The molecule has 0 aromatic heterocycles. The SMILES string of the molecule is CC1CNCC(C)N1C1CCOC1. The molecule has 2 heterocycles. The molecule has 2 aliphatic rings. The fraction of sp³-hybridized carbons (Fsp3) is 1.00. The third-order valence-corrected chi connectivity index (χ3v) is 3.22.